The smallest absolute Gasteiger partial charge is 0.419 e. The number of amides is 1. The van der Waals surface area contributed by atoms with Gasteiger partial charge < -0.3 is 9.84 Å². The molecule has 0 spiro atoms. The molecule has 0 fully saturated rings. The monoisotopic (exact) mass is 615 g/mol. The number of carbonyl (C=O) groups excluding carboxylic acids is 1. The van der Waals surface area contributed by atoms with Crippen LogP contribution in [0.3, 0.4) is 0 Å². The summed E-state index contributed by atoms with van der Waals surface area (Å²) in [6.45, 7) is 12.0. The van der Waals surface area contributed by atoms with Crippen molar-refractivity contribution in [1.82, 2.24) is 19.7 Å². The fourth-order valence-electron chi connectivity index (χ4n) is 3.92. The number of anilines is 2. The molecule has 0 unspecified atom stereocenters. The van der Waals surface area contributed by atoms with Gasteiger partial charge in [0.25, 0.3) is 0 Å². The van der Waals surface area contributed by atoms with Crippen molar-refractivity contribution in [2.24, 2.45) is 0 Å². The van der Waals surface area contributed by atoms with E-state index in [-0.39, 0.29) is 16.9 Å². The largest absolute Gasteiger partial charge is 0.464 e. The van der Waals surface area contributed by atoms with Gasteiger partial charge in [0.15, 0.2) is 5.65 Å². The maximum Gasteiger partial charge on any atom is 0.419 e. The van der Waals surface area contributed by atoms with E-state index in [0.29, 0.717) is 26.8 Å². The van der Waals surface area contributed by atoms with E-state index >= 15 is 0 Å². The molecule has 4 aromatic rings. The number of thioether (sulfide) groups is 1. The highest BCUT2D eigenvalue weighted by atomic mass is 35.5. The summed E-state index contributed by atoms with van der Waals surface area (Å²) in [5.74, 6) is 0.174. The van der Waals surface area contributed by atoms with Gasteiger partial charge in [-0.25, -0.2) is 28.4 Å². The molecule has 216 valence electrons. The van der Waals surface area contributed by atoms with Gasteiger partial charge in [-0.15, -0.1) is 22.0 Å². The summed E-state index contributed by atoms with van der Waals surface area (Å²) in [5.41, 5.74) is 0.186. The lowest BCUT2D eigenvalue weighted by Gasteiger charge is -2.29. The second kappa shape index (κ2) is 11.8. The van der Waals surface area contributed by atoms with Crippen molar-refractivity contribution in [1.29, 1.82) is 0 Å². The molecule has 0 aliphatic heterocycles. The number of nitrogens with zero attached hydrogens (tertiary/aromatic N) is 5. The zero-order valence-corrected chi connectivity index (χ0v) is 26.2. The van der Waals surface area contributed by atoms with Gasteiger partial charge in [-0.2, -0.15) is 0 Å². The summed E-state index contributed by atoms with van der Waals surface area (Å²) in [6, 6.07) is 9.83. The van der Waals surface area contributed by atoms with E-state index in [4.69, 9.17) is 16.3 Å². The maximum atomic E-state index is 14.9. The first-order valence-corrected chi connectivity index (χ1v) is 17.9. The molecular formula is C28H31ClFN5O4SSi. The number of benzene rings is 1. The van der Waals surface area contributed by atoms with E-state index in [1.807, 2.05) is 0 Å². The highest BCUT2D eigenvalue weighted by Crippen LogP contribution is 2.40. The summed E-state index contributed by atoms with van der Waals surface area (Å²) in [6.07, 6.45) is 0.822. The van der Waals surface area contributed by atoms with Gasteiger partial charge in [-0.3, -0.25) is 0 Å². The Morgan fingerprint density at radius 2 is 1.85 bits per heavy atom. The Balaban J connectivity index is 1.97. The number of carbonyl (C=O) groups is 2. The minimum atomic E-state index is -1.40. The Bertz CT molecular complexity index is 1620. The number of aromatic nitrogens is 4. The first-order valence-electron chi connectivity index (χ1n) is 12.8. The summed E-state index contributed by atoms with van der Waals surface area (Å²) in [7, 11) is -1.40. The highest BCUT2D eigenvalue weighted by Gasteiger charge is 2.31. The number of hydrogen-bond acceptors (Lipinski definition) is 7. The topological polar surface area (TPSA) is 110 Å². The molecule has 0 aliphatic rings. The number of hydrogen-bond donors (Lipinski definition) is 1. The molecule has 0 atom stereocenters. The van der Waals surface area contributed by atoms with Crippen LogP contribution in [0.5, 0.6) is 0 Å². The minimum absolute atomic E-state index is 0.117. The molecule has 0 radical (unpaired) electrons. The lowest BCUT2D eigenvalue weighted by molar-refractivity contribution is 0.0598. The van der Waals surface area contributed by atoms with Gasteiger partial charge in [0.1, 0.15) is 16.4 Å². The van der Waals surface area contributed by atoms with Crippen LogP contribution in [0.15, 0.2) is 53.8 Å². The third kappa shape index (κ3) is 7.24. The minimum Gasteiger partial charge on any atom is -0.464 e. The van der Waals surface area contributed by atoms with Crippen molar-refractivity contribution in [3.05, 3.63) is 59.6 Å². The molecule has 41 heavy (non-hydrogen) atoms. The predicted molar refractivity (Wildman–Crippen MR) is 163 cm³/mol. The average Bonchev–Trinajstić information content (AvgIpc) is 3.30. The number of rotatable bonds is 7. The zero-order chi connectivity index (χ0) is 30.1. The molecule has 1 amide bonds. The highest BCUT2D eigenvalue weighted by molar-refractivity contribution is 7.99. The lowest BCUT2D eigenvalue weighted by atomic mass is 10.1. The molecule has 13 heteroatoms. The van der Waals surface area contributed by atoms with Crippen LogP contribution in [0.4, 0.5) is 25.4 Å². The van der Waals surface area contributed by atoms with Gasteiger partial charge in [0, 0.05) is 36.4 Å². The van der Waals surface area contributed by atoms with Crippen molar-refractivity contribution in [2.75, 3.05) is 10.7 Å². The van der Waals surface area contributed by atoms with E-state index in [2.05, 4.69) is 34.8 Å². The SMILES string of the molecule is CC(C)(C)OC(=O)N(c1cc(-c2cc(Cl)ccc2F)nnc1SCC[Si](C)(C)C)c1ccnc2c1ccn2C(=O)O. The molecule has 0 saturated heterocycles. The van der Waals surface area contributed by atoms with Crippen LogP contribution in [0.2, 0.25) is 30.7 Å². The molecule has 0 saturated carbocycles. The lowest BCUT2D eigenvalue weighted by Crippen LogP contribution is -2.34. The van der Waals surface area contributed by atoms with Gasteiger partial charge in [-0.1, -0.05) is 31.2 Å². The summed E-state index contributed by atoms with van der Waals surface area (Å²) < 4.78 is 21.7. The van der Waals surface area contributed by atoms with E-state index in [1.54, 1.807) is 39.0 Å². The van der Waals surface area contributed by atoms with Crippen LogP contribution in [-0.4, -0.2) is 56.5 Å². The standard InChI is InChI=1S/C28H31ClFN5O4SSi/c1-28(2,3)39-27(38)35(22-9-11-31-24-18(22)10-12-34(24)26(36)37)23-16-21(19-15-17(29)7-8-20(19)30)32-33-25(23)40-13-14-41(4,5)6/h7-12,15-16H,13-14H2,1-6H3,(H,36,37). The Labute approximate surface area is 247 Å². The van der Waals surface area contributed by atoms with Gasteiger partial charge in [-0.05, 0) is 69.0 Å². The van der Waals surface area contributed by atoms with Crippen molar-refractivity contribution < 1.29 is 23.8 Å². The molecule has 1 N–H and O–H groups in total. The fourth-order valence-corrected chi connectivity index (χ4v) is 7.54. The van der Waals surface area contributed by atoms with Gasteiger partial charge >= 0.3 is 12.2 Å². The zero-order valence-electron chi connectivity index (χ0n) is 23.6. The summed E-state index contributed by atoms with van der Waals surface area (Å²) >= 11 is 7.60. The van der Waals surface area contributed by atoms with E-state index in [0.717, 1.165) is 16.4 Å². The number of pyridine rings is 1. The van der Waals surface area contributed by atoms with Crippen LogP contribution in [0, 0.1) is 5.82 Å². The summed E-state index contributed by atoms with van der Waals surface area (Å²) in [5, 5.41) is 19.5. The summed E-state index contributed by atoms with van der Waals surface area (Å²) in [4.78, 5) is 31.3. The number of ether oxygens (including phenoxy) is 1. The Kier molecular flexibility index (Phi) is 8.76. The Hall–Kier alpha value is -3.48. The van der Waals surface area contributed by atoms with Crippen molar-refractivity contribution in [3.63, 3.8) is 0 Å². The van der Waals surface area contributed by atoms with Gasteiger partial charge in [0.2, 0.25) is 0 Å². The molecule has 4 rings (SSSR count). The number of fused-ring (bicyclic) bond motifs is 1. The molecule has 1 aromatic carbocycles. The van der Waals surface area contributed by atoms with Crippen LogP contribution < -0.4 is 4.90 Å². The average molecular weight is 616 g/mol. The number of halogens is 2. The first kappa shape index (κ1) is 30.5. The quantitative estimate of drug-likeness (QED) is 0.163. The van der Waals surface area contributed by atoms with Crippen molar-refractivity contribution in [2.45, 2.75) is 57.1 Å². The second-order valence-corrected chi connectivity index (χ2v) is 18.7. The van der Waals surface area contributed by atoms with Crippen molar-refractivity contribution in [3.8, 4) is 11.3 Å². The van der Waals surface area contributed by atoms with E-state index in [9.17, 15) is 19.1 Å². The molecular weight excluding hydrogens is 585 g/mol. The Morgan fingerprint density at radius 1 is 1.12 bits per heavy atom. The predicted octanol–water partition coefficient (Wildman–Crippen LogP) is 8.32. The maximum absolute atomic E-state index is 14.9. The fraction of sp³-hybridized carbons (Fsp3) is 0.321. The first-order chi connectivity index (χ1) is 19.1. The van der Waals surface area contributed by atoms with Crippen LogP contribution in [-0.2, 0) is 4.74 Å². The van der Waals surface area contributed by atoms with E-state index in [1.165, 1.54) is 47.3 Å². The molecule has 3 heterocycles. The Morgan fingerprint density at radius 3 is 2.51 bits per heavy atom. The second-order valence-electron chi connectivity index (χ2n) is 11.6. The molecule has 0 aliphatic carbocycles. The normalized spacial score (nSPS) is 12.0. The molecule has 0 bridgehead atoms. The van der Waals surface area contributed by atoms with Crippen LogP contribution in [0.25, 0.3) is 22.3 Å². The van der Waals surface area contributed by atoms with Gasteiger partial charge in [0.05, 0.1) is 17.1 Å². The third-order valence-electron chi connectivity index (χ3n) is 5.86. The van der Waals surface area contributed by atoms with E-state index < -0.39 is 31.7 Å². The third-order valence-corrected chi connectivity index (χ3v) is 9.18. The molecule has 3 aromatic heterocycles. The van der Waals surface area contributed by atoms with Crippen LogP contribution >= 0.6 is 23.4 Å². The van der Waals surface area contributed by atoms with Crippen LogP contribution in [0.1, 0.15) is 20.8 Å². The van der Waals surface area contributed by atoms with Crippen molar-refractivity contribution >= 4 is 66.0 Å². The molecule has 9 nitrogen and oxygen atoms in total. The number of carboxylic acid groups (broad SMARTS) is 1.